The lowest BCUT2D eigenvalue weighted by atomic mass is 9.82. The Hall–Kier alpha value is -0.850. The van der Waals surface area contributed by atoms with Crippen molar-refractivity contribution in [3.63, 3.8) is 0 Å². The molecule has 19 heavy (non-hydrogen) atoms. The van der Waals surface area contributed by atoms with Gasteiger partial charge in [-0.2, -0.15) is 0 Å². The lowest BCUT2D eigenvalue weighted by Gasteiger charge is -2.34. The minimum atomic E-state index is -0.209. The summed E-state index contributed by atoms with van der Waals surface area (Å²) in [5, 5.41) is 10.0. The Morgan fingerprint density at radius 1 is 1.63 bits per heavy atom. The van der Waals surface area contributed by atoms with Crippen molar-refractivity contribution in [2.75, 3.05) is 19.8 Å². The molecule has 1 heterocycles. The normalized spacial score (nSPS) is 21.9. The molecule has 0 radical (unpaired) electrons. The van der Waals surface area contributed by atoms with Crippen molar-refractivity contribution in [3.05, 3.63) is 16.9 Å². The fourth-order valence-corrected chi connectivity index (χ4v) is 2.61. The Balaban J connectivity index is 2.05. The lowest BCUT2D eigenvalue weighted by molar-refractivity contribution is 0.0263. The Morgan fingerprint density at radius 3 is 2.89 bits per heavy atom. The highest BCUT2D eigenvalue weighted by Crippen LogP contribution is 2.28. The molecule has 0 bridgehead atoms. The zero-order chi connectivity index (χ0) is 14.0. The van der Waals surface area contributed by atoms with Crippen LogP contribution in [-0.4, -0.2) is 51.8 Å². The third-order valence-corrected chi connectivity index (χ3v) is 4.04. The second kappa shape index (κ2) is 6.07. The van der Waals surface area contributed by atoms with E-state index in [1.54, 1.807) is 11.9 Å². The Labute approximate surface area is 121 Å². The molecule has 1 aromatic heterocycles. The van der Waals surface area contributed by atoms with Crippen LogP contribution in [0.2, 0.25) is 5.02 Å². The smallest absolute Gasteiger partial charge is 0.273 e. The van der Waals surface area contributed by atoms with Crippen LogP contribution >= 0.6 is 23.4 Å². The number of hydrogen-bond donors (Lipinski definition) is 1. The van der Waals surface area contributed by atoms with Gasteiger partial charge in [0, 0.05) is 13.6 Å². The SMILES string of the molecule is CSc1ncc(Cl)c(C(=O)N(C)CC2CC(O)C2)n1. The molecule has 0 unspecified atom stereocenters. The van der Waals surface area contributed by atoms with Gasteiger partial charge in [-0.3, -0.25) is 4.79 Å². The number of hydrogen-bond acceptors (Lipinski definition) is 5. The molecule has 1 aliphatic rings. The van der Waals surface area contributed by atoms with Crippen molar-refractivity contribution < 1.29 is 9.90 Å². The van der Waals surface area contributed by atoms with Gasteiger partial charge in [0.2, 0.25) is 0 Å². The van der Waals surface area contributed by atoms with Gasteiger partial charge in [-0.15, -0.1) is 0 Å². The van der Waals surface area contributed by atoms with E-state index in [0.717, 1.165) is 12.8 Å². The summed E-state index contributed by atoms with van der Waals surface area (Å²) < 4.78 is 0. The summed E-state index contributed by atoms with van der Waals surface area (Å²) in [6, 6.07) is 0. The van der Waals surface area contributed by atoms with Gasteiger partial charge >= 0.3 is 0 Å². The highest BCUT2D eigenvalue weighted by molar-refractivity contribution is 7.98. The van der Waals surface area contributed by atoms with Crippen LogP contribution in [0.3, 0.4) is 0 Å². The summed E-state index contributed by atoms with van der Waals surface area (Å²) in [5.41, 5.74) is 0.239. The third-order valence-electron chi connectivity index (χ3n) is 3.20. The predicted molar refractivity (Wildman–Crippen MR) is 74.5 cm³/mol. The van der Waals surface area contributed by atoms with Gasteiger partial charge in [-0.05, 0) is 25.0 Å². The zero-order valence-corrected chi connectivity index (χ0v) is 12.4. The van der Waals surface area contributed by atoms with Crippen LogP contribution < -0.4 is 0 Å². The van der Waals surface area contributed by atoms with Gasteiger partial charge in [0.1, 0.15) is 0 Å². The van der Waals surface area contributed by atoms with Crippen LogP contribution in [0.5, 0.6) is 0 Å². The molecule has 1 amide bonds. The minimum Gasteiger partial charge on any atom is -0.393 e. The third kappa shape index (κ3) is 3.38. The molecule has 1 aliphatic carbocycles. The van der Waals surface area contributed by atoms with Crippen molar-refractivity contribution in [1.29, 1.82) is 0 Å². The number of aliphatic hydroxyl groups excluding tert-OH is 1. The molecular weight excluding hydrogens is 286 g/mol. The van der Waals surface area contributed by atoms with Crippen molar-refractivity contribution in [2.45, 2.75) is 24.1 Å². The second-order valence-electron chi connectivity index (χ2n) is 4.73. The topological polar surface area (TPSA) is 66.3 Å². The summed E-state index contributed by atoms with van der Waals surface area (Å²) in [6.45, 7) is 0.616. The quantitative estimate of drug-likeness (QED) is 0.677. The summed E-state index contributed by atoms with van der Waals surface area (Å²) in [4.78, 5) is 22.0. The summed E-state index contributed by atoms with van der Waals surface area (Å²) >= 11 is 7.34. The molecule has 7 heteroatoms. The van der Waals surface area contributed by atoms with E-state index in [1.807, 2.05) is 6.26 Å². The summed E-state index contributed by atoms with van der Waals surface area (Å²) in [6.07, 6.45) is 4.60. The number of aliphatic hydroxyl groups is 1. The first-order valence-electron chi connectivity index (χ1n) is 6.01. The van der Waals surface area contributed by atoms with Gasteiger partial charge in [-0.25, -0.2) is 9.97 Å². The van der Waals surface area contributed by atoms with Gasteiger partial charge in [0.15, 0.2) is 10.9 Å². The second-order valence-corrected chi connectivity index (χ2v) is 5.91. The van der Waals surface area contributed by atoms with Crippen LogP contribution in [0.25, 0.3) is 0 Å². The maximum Gasteiger partial charge on any atom is 0.273 e. The molecule has 0 aliphatic heterocycles. The summed E-state index contributed by atoms with van der Waals surface area (Å²) in [5.74, 6) is 0.161. The molecule has 2 rings (SSSR count). The van der Waals surface area contributed by atoms with E-state index in [0.29, 0.717) is 17.6 Å². The van der Waals surface area contributed by atoms with Crippen molar-refractivity contribution in [1.82, 2.24) is 14.9 Å². The molecule has 1 aromatic rings. The van der Waals surface area contributed by atoms with E-state index >= 15 is 0 Å². The number of amides is 1. The van der Waals surface area contributed by atoms with Crippen LogP contribution in [0.1, 0.15) is 23.3 Å². The summed E-state index contributed by atoms with van der Waals surface area (Å²) in [7, 11) is 1.73. The molecule has 104 valence electrons. The fraction of sp³-hybridized carbons (Fsp3) is 0.583. The van der Waals surface area contributed by atoms with E-state index in [9.17, 15) is 9.90 Å². The number of carbonyl (C=O) groups excluding carboxylic acids is 1. The van der Waals surface area contributed by atoms with E-state index in [1.165, 1.54) is 18.0 Å². The van der Waals surface area contributed by atoms with Gasteiger partial charge in [0.05, 0.1) is 17.3 Å². The zero-order valence-electron chi connectivity index (χ0n) is 10.8. The molecule has 0 spiro atoms. The van der Waals surface area contributed by atoms with Gasteiger partial charge in [-0.1, -0.05) is 23.4 Å². The largest absolute Gasteiger partial charge is 0.393 e. The van der Waals surface area contributed by atoms with Crippen LogP contribution in [0.15, 0.2) is 11.4 Å². The molecule has 0 atom stereocenters. The maximum absolute atomic E-state index is 12.3. The highest BCUT2D eigenvalue weighted by Gasteiger charge is 2.30. The van der Waals surface area contributed by atoms with Gasteiger partial charge < -0.3 is 10.0 Å². The number of aromatic nitrogens is 2. The molecule has 5 nitrogen and oxygen atoms in total. The van der Waals surface area contributed by atoms with Crippen LogP contribution in [-0.2, 0) is 0 Å². The Bertz CT molecular complexity index is 480. The maximum atomic E-state index is 12.3. The predicted octanol–water partition coefficient (Wildman–Crippen LogP) is 1.69. The molecule has 1 fully saturated rings. The standard InChI is InChI=1S/C12H16ClN3O2S/c1-16(6-7-3-8(17)4-7)11(18)10-9(13)5-14-12(15-10)19-2/h5,7-8,17H,3-4,6H2,1-2H3. The van der Waals surface area contributed by atoms with Crippen LogP contribution in [0, 0.1) is 5.92 Å². The first-order chi connectivity index (χ1) is 9.01. The average Bonchev–Trinajstić information content (AvgIpc) is 2.36. The first kappa shape index (κ1) is 14.6. The molecule has 1 N–H and O–H groups in total. The molecule has 0 saturated heterocycles. The lowest BCUT2D eigenvalue weighted by Crippen LogP contribution is -2.39. The van der Waals surface area contributed by atoms with Crippen LogP contribution in [0.4, 0.5) is 0 Å². The number of halogens is 1. The molecular formula is C12H16ClN3O2S. The highest BCUT2D eigenvalue weighted by atomic mass is 35.5. The van der Waals surface area contributed by atoms with Crippen molar-refractivity contribution in [3.8, 4) is 0 Å². The molecule has 0 aromatic carbocycles. The number of thioether (sulfide) groups is 1. The average molecular weight is 302 g/mol. The van der Waals surface area contributed by atoms with E-state index in [2.05, 4.69) is 9.97 Å². The van der Waals surface area contributed by atoms with Gasteiger partial charge in [0.25, 0.3) is 5.91 Å². The van der Waals surface area contributed by atoms with E-state index in [-0.39, 0.29) is 22.7 Å². The Kier molecular flexibility index (Phi) is 4.65. The Morgan fingerprint density at radius 2 is 2.32 bits per heavy atom. The fourth-order valence-electron chi connectivity index (χ4n) is 2.10. The van der Waals surface area contributed by atoms with E-state index < -0.39 is 0 Å². The number of nitrogens with zero attached hydrogens (tertiary/aromatic N) is 3. The van der Waals surface area contributed by atoms with E-state index in [4.69, 9.17) is 11.6 Å². The number of carbonyl (C=O) groups is 1. The van der Waals surface area contributed by atoms with Crippen molar-refractivity contribution in [2.24, 2.45) is 5.92 Å². The molecule has 1 saturated carbocycles. The monoisotopic (exact) mass is 301 g/mol. The number of rotatable bonds is 4. The van der Waals surface area contributed by atoms with Crippen molar-refractivity contribution >= 4 is 29.3 Å². The first-order valence-corrected chi connectivity index (χ1v) is 7.61. The minimum absolute atomic E-state index is 0.205.